The van der Waals surface area contributed by atoms with Crippen molar-refractivity contribution >= 4 is 16.1 Å². The van der Waals surface area contributed by atoms with Crippen molar-refractivity contribution < 1.29 is 17.9 Å². The molecule has 0 unspecified atom stereocenters. The van der Waals surface area contributed by atoms with Crippen LogP contribution in [0.1, 0.15) is 20.8 Å². The number of ether oxygens (including phenoxy) is 1. The van der Waals surface area contributed by atoms with Gasteiger partial charge in [0.25, 0.3) is 10.0 Å². The second-order valence-electron chi connectivity index (χ2n) is 2.39. The van der Waals surface area contributed by atoms with Gasteiger partial charge in [0.1, 0.15) is 0 Å². The molecular weight excluding hydrogens is 182 g/mol. The van der Waals surface area contributed by atoms with E-state index in [1.807, 2.05) is 0 Å². The topological polar surface area (TPSA) is 74.5 Å². The zero-order valence-electron chi connectivity index (χ0n) is 7.27. The lowest BCUT2D eigenvalue weighted by Crippen LogP contribution is -2.27. The smallest absolute Gasteiger partial charge is 0.444 e. The number of carbonyl (C=O) groups is 1. The monoisotopic (exact) mass is 194 g/mol. The minimum atomic E-state index is -3.61. The average Bonchev–Trinajstić information content (AvgIpc) is 1.84. The molecule has 0 aliphatic heterocycles. The van der Waals surface area contributed by atoms with E-state index in [0.29, 0.717) is 0 Å². The predicted molar refractivity (Wildman–Crippen MR) is 43.2 cm³/mol. The Hall–Kier alpha value is -0.780. The third-order valence-electron chi connectivity index (χ3n) is 0.915. The van der Waals surface area contributed by atoms with Gasteiger partial charge in [0.05, 0.1) is 11.9 Å². The summed E-state index contributed by atoms with van der Waals surface area (Å²) < 4.78 is 28.8. The fourth-order valence-corrected chi connectivity index (χ4v) is 0.801. The molecule has 0 N–H and O–H groups in total. The molecule has 12 heavy (non-hydrogen) atoms. The normalized spacial score (nSPS) is 11.3. The number of nitrogens with zero attached hydrogens (tertiary/aromatic N) is 1. The van der Waals surface area contributed by atoms with Crippen LogP contribution in [0.2, 0.25) is 0 Å². The number of carbonyl (C=O) groups excluding carboxylic acids is 1. The van der Waals surface area contributed by atoms with E-state index in [2.05, 4.69) is 9.46 Å². The quantitative estimate of drug-likeness (QED) is 0.655. The molecule has 71 valence electrons. The molecule has 0 aromatic rings. The van der Waals surface area contributed by atoms with Crippen LogP contribution < -0.4 is 4.72 Å². The number of amides is 1. The SMILES string of the molecule is CCS(=O)(=O)[N]C(=O)OC(C)C. The van der Waals surface area contributed by atoms with Gasteiger partial charge in [0.2, 0.25) is 0 Å². The largest absolute Gasteiger partial charge is 0.445 e. The van der Waals surface area contributed by atoms with Gasteiger partial charge in [0, 0.05) is 0 Å². The molecular formula is C6H12NO4S. The maximum absolute atomic E-state index is 10.7. The van der Waals surface area contributed by atoms with Gasteiger partial charge < -0.3 is 4.74 Å². The van der Waals surface area contributed by atoms with Crippen molar-refractivity contribution in [1.82, 2.24) is 4.72 Å². The number of sulfonamides is 1. The van der Waals surface area contributed by atoms with E-state index in [0.717, 1.165) is 0 Å². The van der Waals surface area contributed by atoms with Gasteiger partial charge in [-0.2, -0.15) is 0 Å². The van der Waals surface area contributed by atoms with E-state index in [4.69, 9.17) is 0 Å². The first kappa shape index (κ1) is 11.2. The van der Waals surface area contributed by atoms with Gasteiger partial charge in [-0.05, 0) is 20.8 Å². The van der Waals surface area contributed by atoms with E-state index in [1.165, 1.54) is 6.92 Å². The number of hydrogen-bond acceptors (Lipinski definition) is 4. The molecule has 1 radical (unpaired) electrons. The molecule has 0 saturated carbocycles. The summed E-state index contributed by atoms with van der Waals surface area (Å²) in [5.41, 5.74) is 0. The first-order valence-electron chi connectivity index (χ1n) is 3.53. The molecule has 6 heteroatoms. The van der Waals surface area contributed by atoms with Gasteiger partial charge in [-0.3, -0.25) is 0 Å². The van der Waals surface area contributed by atoms with Gasteiger partial charge in [0.15, 0.2) is 0 Å². The average molecular weight is 194 g/mol. The van der Waals surface area contributed by atoms with Crippen molar-refractivity contribution in [2.45, 2.75) is 26.9 Å². The molecule has 0 aliphatic carbocycles. The van der Waals surface area contributed by atoms with E-state index >= 15 is 0 Å². The van der Waals surface area contributed by atoms with Gasteiger partial charge in [-0.15, -0.1) is 0 Å². The maximum atomic E-state index is 10.7. The van der Waals surface area contributed by atoms with E-state index in [1.54, 1.807) is 13.8 Å². The maximum Gasteiger partial charge on any atom is 0.444 e. The van der Waals surface area contributed by atoms with Crippen LogP contribution in [0.3, 0.4) is 0 Å². The molecule has 0 spiro atoms. The number of rotatable bonds is 3. The summed E-state index contributed by atoms with van der Waals surface area (Å²) in [5.74, 6) is -0.194. The standard InChI is InChI=1S/C6H12NO4S/c1-4-12(9,10)7-6(8)11-5(2)3/h5H,4H2,1-3H3. The summed E-state index contributed by atoms with van der Waals surface area (Å²) in [5, 5.41) is 0. The van der Waals surface area contributed by atoms with Crippen molar-refractivity contribution in [2.75, 3.05) is 5.75 Å². The Morgan fingerprint density at radius 2 is 2.00 bits per heavy atom. The highest BCUT2D eigenvalue weighted by molar-refractivity contribution is 7.89. The molecule has 0 aromatic carbocycles. The first-order valence-corrected chi connectivity index (χ1v) is 5.14. The summed E-state index contributed by atoms with van der Waals surface area (Å²) in [4.78, 5) is 10.7. The Kier molecular flexibility index (Phi) is 4.02. The second-order valence-corrected chi connectivity index (χ2v) is 4.32. The lowest BCUT2D eigenvalue weighted by Gasteiger charge is -2.05. The van der Waals surface area contributed by atoms with E-state index in [-0.39, 0.29) is 11.9 Å². The van der Waals surface area contributed by atoms with Crippen molar-refractivity contribution in [3.05, 3.63) is 0 Å². The van der Waals surface area contributed by atoms with Gasteiger partial charge in [-0.1, -0.05) is 4.72 Å². The summed E-state index contributed by atoms with van der Waals surface area (Å²) in [6.45, 7) is 4.64. The molecule has 5 nitrogen and oxygen atoms in total. The molecule has 0 aromatic heterocycles. The van der Waals surface area contributed by atoms with Crippen LogP contribution in [-0.2, 0) is 14.8 Å². The van der Waals surface area contributed by atoms with Crippen molar-refractivity contribution in [3.8, 4) is 0 Å². The van der Waals surface area contributed by atoms with E-state index in [9.17, 15) is 13.2 Å². The Bertz CT molecular complexity index is 244. The van der Waals surface area contributed by atoms with Crippen LogP contribution in [0.4, 0.5) is 4.79 Å². The van der Waals surface area contributed by atoms with Crippen LogP contribution in [0.25, 0.3) is 0 Å². The zero-order chi connectivity index (χ0) is 9.78. The minimum Gasteiger partial charge on any atom is -0.445 e. The minimum absolute atomic E-state index is 0.194. The summed E-state index contributed by atoms with van der Waals surface area (Å²) in [6, 6.07) is 0. The van der Waals surface area contributed by atoms with E-state index < -0.39 is 16.1 Å². The molecule has 0 saturated heterocycles. The molecule has 0 bridgehead atoms. The predicted octanol–water partition coefficient (Wildman–Crippen LogP) is 0.486. The van der Waals surface area contributed by atoms with Crippen LogP contribution in [-0.4, -0.2) is 26.4 Å². The molecule has 0 atom stereocenters. The summed E-state index contributed by atoms with van der Waals surface area (Å²) >= 11 is 0. The van der Waals surface area contributed by atoms with Crippen molar-refractivity contribution in [1.29, 1.82) is 0 Å². The third-order valence-corrected chi connectivity index (χ3v) is 2.07. The highest BCUT2D eigenvalue weighted by Gasteiger charge is 2.16. The Morgan fingerprint density at radius 3 is 2.33 bits per heavy atom. The summed E-state index contributed by atoms with van der Waals surface area (Å²) in [7, 11) is -3.61. The Morgan fingerprint density at radius 1 is 1.50 bits per heavy atom. The fraction of sp³-hybridized carbons (Fsp3) is 0.833. The molecule has 0 rings (SSSR count). The third kappa shape index (κ3) is 4.95. The molecule has 1 amide bonds. The van der Waals surface area contributed by atoms with Gasteiger partial charge >= 0.3 is 6.09 Å². The summed E-state index contributed by atoms with van der Waals surface area (Å²) in [6.07, 6.45) is -1.40. The van der Waals surface area contributed by atoms with Gasteiger partial charge in [-0.25, -0.2) is 13.2 Å². The van der Waals surface area contributed by atoms with Crippen LogP contribution in [0, 0.1) is 0 Å². The lowest BCUT2D eigenvalue weighted by atomic mass is 10.5. The zero-order valence-corrected chi connectivity index (χ0v) is 8.09. The molecule has 0 heterocycles. The Balaban J connectivity index is 4.02. The van der Waals surface area contributed by atoms with Crippen LogP contribution in [0.5, 0.6) is 0 Å². The molecule has 0 aliphatic rings. The molecule has 0 fully saturated rings. The van der Waals surface area contributed by atoms with Crippen molar-refractivity contribution in [3.63, 3.8) is 0 Å². The first-order chi connectivity index (χ1) is 5.37. The number of hydrogen-bond donors (Lipinski definition) is 0. The van der Waals surface area contributed by atoms with Crippen LogP contribution >= 0.6 is 0 Å². The van der Waals surface area contributed by atoms with Crippen molar-refractivity contribution in [2.24, 2.45) is 0 Å². The fourth-order valence-electron chi connectivity index (χ4n) is 0.401. The highest BCUT2D eigenvalue weighted by atomic mass is 32.2. The Labute approximate surface area is 72.1 Å². The van der Waals surface area contributed by atoms with Crippen LogP contribution in [0.15, 0.2) is 0 Å². The lowest BCUT2D eigenvalue weighted by molar-refractivity contribution is 0.121. The highest BCUT2D eigenvalue weighted by Crippen LogP contribution is 1.93. The second kappa shape index (κ2) is 4.30.